The van der Waals surface area contributed by atoms with Crippen molar-refractivity contribution in [3.63, 3.8) is 0 Å². The Kier molecular flexibility index (Phi) is 4.61. The third-order valence-electron chi connectivity index (χ3n) is 4.98. The number of hydrogen-bond donors (Lipinski definition) is 1. The lowest BCUT2D eigenvalue weighted by atomic mass is 9.93. The number of nitrogens with one attached hydrogen (secondary N) is 1. The third kappa shape index (κ3) is 3.29. The van der Waals surface area contributed by atoms with Crippen LogP contribution >= 0.6 is 0 Å². The molecule has 5 heteroatoms. The Labute approximate surface area is 153 Å². The zero-order valence-electron chi connectivity index (χ0n) is 14.9. The molecule has 0 saturated carbocycles. The second-order valence-corrected chi connectivity index (χ2v) is 6.73. The predicted molar refractivity (Wildman–Crippen MR) is 99.0 cm³/mol. The van der Waals surface area contributed by atoms with Crippen molar-refractivity contribution in [1.29, 1.82) is 0 Å². The standard InChI is InChI=1S/C21H23N3O2/c1-2-16-11-12-20(26-16)21(25)23-18-9-6-10-19-17(18)13-22-24(19)14-15-7-4-3-5-8-15/h3-5,7-8,11-13,18H,2,6,9-10,14H2,1H3,(H,23,25). The molecule has 0 saturated heterocycles. The first-order chi connectivity index (χ1) is 12.7. The molecule has 1 unspecified atom stereocenters. The van der Waals surface area contributed by atoms with Crippen molar-refractivity contribution in [2.24, 2.45) is 0 Å². The SMILES string of the molecule is CCc1ccc(C(=O)NC2CCCc3c2cnn3Cc2ccccc2)o1. The van der Waals surface area contributed by atoms with Crippen molar-refractivity contribution in [2.45, 2.75) is 45.2 Å². The fourth-order valence-corrected chi connectivity index (χ4v) is 3.58. The van der Waals surface area contributed by atoms with E-state index in [0.29, 0.717) is 5.76 Å². The number of rotatable bonds is 5. The van der Waals surface area contributed by atoms with Crippen molar-refractivity contribution in [1.82, 2.24) is 15.1 Å². The van der Waals surface area contributed by atoms with E-state index < -0.39 is 0 Å². The van der Waals surface area contributed by atoms with E-state index in [1.54, 1.807) is 6.07 Å². The van der Waals surface area contributed by atoms with Gasteiger partial charge in [-0.2, -0.15) is 5.10 Å². The van der Waals surface area contributed by atoms with E-state index in [4.69, 9.17) is 4.42 Å². The highest BCUT2D eigenvalue weighted by atomic mass is 16.3. The Morgan fingerprint density at radius 2 is 2.12 bits per heavy atom. The minimum atomic E-state index is -0.154. The van der Waals surface area contributed by atoms with Crippen molar-refractivity contribution >= 4 is 5.91 Å². The van der Waals surface area contributed by atoms with Crippen LogP contribution in [-0.2, 0) is 19.4 Å². The van der Waals surface area contributed by atoms with Gasteiger partial charge in [-0.15, -0.1) is 0 Å². The third-order valence-corrected chi connectivity index (χ3v) is 4.98. The number of nitrogens with zero attached hydrogens (tertiary/aromatic N) is 2. The fraction of sp³-hybridized carbons (Fsp3) is 0.333. The van der Waals surface area contributed by atoms with Gasteiger partial charge in [0, 0.05) is 17.7 Å². The van der Waals surface area contributed by atoms with Crippen molar-refractivity contribution in [2.75, 3.05) is 0 Å². The number of carbonyl (C=O) groups is 1. The quantitative estimate of drug-likeness (QED) is 0.760. The van der Waals surface area contributed by atoms with Crippen molar-refractivity contribution in [3.05, 3.63) is 77.0 Å². The van der Waals surface area contributed by atoms with Crippen LogP contribution in [0.25, 0.3) is 0 Å². The molecule has 1 aromatic carbocycles. The highest BCUT2D eigenvalue weighted by Crippen LogP contribution is 2.30. The lowest BCUT2D eigenvalue weighted by molar-refractivity contribution is 0.0903. The summed E-state index contributed by atoms with van der Waals surface area (Å²) < 4.78 is 7.64. The Morgan fingerprint density at radius 1 is 1.27 bits per heavy atom. The number of amides is 1. The van der Waals surface area contributed by atoms with E-state index in [-0.39, 0.29) is 11.9 Å². The second-order valence-electron chi connectivity index (χ2n) is 6.73. The van der Waals surface area contributed by atoms with Gasteiger partial charge in [-0.25, -0.2) is 0 Å². The molecular formula is C21H23N3O2. The number of benzene rings is 1. The topological polar surface area (TPSA) is 60.1 Å². The van der Waals surface area contributed by atoms with Gasteiger partial charge in [0.05, 0.1) is 18.8 Å². The van der Waals surface area contributed by atoms with E-state index in [0.717, 1.165) is 43.6 Å². The molecule has 1 N–H and O–H groups in total. The highest BCUT2D eigenvalue weighted by molar-refractivity contribution is 5.91. The molecule has 0 fully saturated rings. The number of furan rings is 1. The molecule has 5 nitrogen and oxygen atoms in total. The molecule has 1 aliphatic rings. The van der Waals surface area contributed by atoms with Gasteiger partial charge in [-0.05, 0) is 37.0 Å². The van der Waals surface area contributed by atoms with Crippen LogP contribution in [0.1, 0.15) is 58.9 Å². The lowest BCUT2D eigenvalue weighted by Crippen LogP contribution is -2.30. The Hall–Kier alpha value is -2.82. The Morgan fingerprint density at radius 3 is 2.88 bits per heavy atom. The van der Waals surface area contributed by atoms with Gasteiger partial charge in [0.1, 0.15) is 5.76 Å². The summed E-state index contributed by atoms with van der Waals surface area (Å²) in [5, 5.41) is 7.70. The van der Waals surface area contributed by atoms with Gasteiger partial charge in [-0.3, -0.25) is 9.48 Å². The largest absolute Gasteiger partial charge is 0.456 e. The van der Waals surface area contributed by atoms with Gasteiger partial charge in [0.15, 0.2) is 5.76 Å². The summed E-state index contributed by atoms with van der Waals surface area (Å²) in [6.45, 7) is 2.77. The van der Waals surface area contributed by atoms with Crippen LogP contribution < -0.4 is 5.32 Å². The van der Waals surface area contributed by atoms with Crippen LogP contribution in [0.3, 0.4) is 0 Å². The molecule has 0 radical (unpaired) electrons. The smallest absolute Gasteiger partial charge is 0.287 e. The Balaban J connectivity index is 1.51. The van der Waals surface area contributed by atoms with E-state index in [2.05, 4.69) is 27.2 Å². The molecule has 3 aromatic rings. The number of hydrogen-bond acceptors (Lipinski definition) is 3. The summed E-state index contributed by atoms with van der Waals surface area (Å²) in [4.78, 5) is 12.5. The molecule has 0 spiro atoms. The average Bonchev–Trinajstić information content (AvgIpc) is 3.31. The summed E-state index contributed by atoms with van der Waals surface area (Å²) in [6.07, 6.45) is 5.65. The van der Waals surface area contributed by atoms with Crippen LogP contribution in [-0.4, -0.2) is 15.7 Å². The molecule has 4 rings (SSSR count). The zero-order valence-corrected chi connectivity index (χ0v) is 14.9. The molecule has 1 aliphatic carbocycles. The molecule has 26 heavy (non-hydrogen) atoms. The maximum absolute atomic E-state index is 12.5. The molecular weight excluding hydrogens is 326 g/mol. The maximum Gasteiger partial charge on any atom is 0.287 e. The average molecular weight is 349 g/mol. The Bertz CT molecular complexity index is 895. The minimum absolute atomic E-state index is 0.00838. The monoisotopic (exact) mass is 349 g/mol. The molecule has 0 aliphatic heterocycles. The summed E-state index contributed by atoms with van der Waals surface area (Å²) >= 11 is 0. The normalized spacial score (nSPS) is 16.3. The number of fused-ring (bicyclic) bond motifs is 1. The molecule has 1 atom stereocenters. The van der Waals surface area contributed by atoms with Gasteiger partial charge < -0.3 is 9.73 Å². The zero-order chi connectivity index (χ0) is 17.9. The summed E-state index contributed by atoms with van der Waals surface area (Å²) in [5.74, 6) is 1.05. The first-order valence-electron chi connectivity index (χ1n) is 9.22. The maximum atomic E-state index is 12.5. The van der Waals surface area contributed by atoms with Crippen molar-refractivity contribution < 1.29 is 9.21 Å². The molecule has 134 valence electrons. The van der Waals surface area contributed by atoms with Gasteiger partial charge in [-0.1, -0.05) is 37.3 Å². The van der Waals surface area contributed by atoms with E-state index in [1.807, 2.05) is 37.4 Å². The van der Waals surface area contributed by atoms with Crippen LogP contribution in [0.5, 0.6) is 0 Å². The number of aromatic nitrogens is 2. The highest BCUT2D eigenvalue weighted by Gasteiger charge is 2.26. The first-order valence-corrected chi connectivity index (χ1v) is 9.22. The minimum Gasteiger partial charge on any atom is -0.456 e. The van der Waals surface area contributed by atoms with Crippen LogP contribution in [0.15, 0.2) is 53.1 Å². The first kappa shape index (κ1) is 16.6. The predicted octanol–water partition coefficient (Wildman–Crippen LogP) is 3.89. The van der Waals surface area contributed by atoms with Crippen LogP contribution in [0, 0.1) is 0 Å². The second kappa shape index (κ2) is 7.20. The van der Waals surface area contributed by atoms with Gasteiger partial charge in [0.2, 0.25) is 0 Å². The molecule has 2 heterocycles. The molecule has 0 bridgehead atoms. The molecule has 2 aromatic heterocycles. The molecule has 1 amide bonds. The lowest BCUT2D eigenvalue weighted by Gasteiger charge is -2.24. The van der Waals surface area contributed by atoms with E-state index >= 15 is 0 Å². The van der Waals surface area contributed by atoms with Gasteiger partial charge in [0.25, 0.3) is 5.91 Å². The van der Waals surface area contributed by atoms with Crippen LogP contribution in [0.4, 0.5) is 0 Å². The summed E-state index contributed by atoms with van der Waals surface area (Å²) in [5.41, 5.74) is 3.58. The van der Waals surface area contributed by atoms with Gasteiger partial charge >= 0.3 is 0 Å². The number of carbonyl (C=O) groups excluding carboxylic acids is 1. The van der Waals surface area contributed by atoms with E-state index in [1.165, 1.54) is 11.3 Å². The fourth-order valence-electron chi connectivity index (χ4n) is 3.58. The summed E-state index contributed by atoms with van der Waals surface area (Å²) in [7, 11) is 0. The number of aryl methyl sites for hydroxylation is 1. The van der Waals surface area contributed by atoms with Crippen LogP contribution in [0.2, 0.25) is 0 Å². The summed E-state index contributed by atoms with van der Waals surface area (Å²) in [6, 6.07) is 13.9. The van der Waals surface area contributed by atoms with Crippen molar-refractivity contribution in [3.8, 4) is 0 Å². The van der Waals surface area contributed by atoms with E-state index in [9.17, 15) is 4.79 Å².